The summed E-state index contributed by atoms with van der Waals surface area (Å²) in [5.74, 6) is 0. The van der Waals surface area contributed by atoms with Crippen molar-refractivity contribution in [2.24, 2.45) is 5.64 Å². The molecule has 0 atom stereocenters. The standard InChI is InChI=1S/C7H19B2N3/c1-6(2,8-10)12-9-7(3,4)11-5/h11-12H,10H2,1-5H3. The van der Waals surface area contributed by atoms with Crippen LogP contribution in [0.15, 0.2) is 0 Å². The number of rotatable bonds is 5. The summed E-state index contributed by atoms with van der Waals surface area (Å²) in [4.78, 5) is 0. The van der Waals surface area contributed by atoms with E-state index in [-0.39, 0.29) is 10.9 Å². The van der Waals surface area contributed by atoms with Crippen LogP contribution < -0.4 is 16.2 Å². The number of hydrogen-bond donors (Lipinski definition) is 3. The summed E-state index contributed by atoms with van der Waals surface area (Å²) in [6.07, 6.45) is 0. The SMILES string of the molecule is CNC(C)(C)[B]NC(C)(C)[B]N. The molecule has 4 N–H and O–H groups in total. The van der Waals surface area contributed by atoms with Crippen LogP contribution in [0.5, 0.6) is 0 Å². The van der Waals surface area contributed by atoms with Gasteiger partial charge in [-0.3, -0.25) is 0 Å². The predicted molar refractivity (Wildman–Crippen MR) is 56.0 cm³/mol. The Hall–Kier alpha value is 0.00987. The van der Waals surface area contributed by atoms with Crippen molar-refractivity contribution in [1.82, 2.24) is 10.5 Å². The van der Waals surface area contributed by atoms with Crippen LogP contribution in [0.2, 0.25) is 0 Å². The van der Waals surface area contributed by atoms with Gasteiger partial charge in [0.15, 0.2) is 0 Å². The van der Waals surface area contributed by atoms with E-state index < -0.39 is 0 Å². The molecule has 0 fully saturated rings. The molecule has 0 unspecified atom stereocenters. The Morgan fingerprint density at radius 2 is 1.58 bits per heavy atom. The van der Waals surface area contributed by atoms with Gasteiger partial charge in [0, 0.05) is 5.44 Å². The Balaban J connectivity index is 3.82. The molecule has 0 aliphatic carbocycles. The number of nitrogens with one attached hydrogen (secondary N) is 2. The molecule has 3 nitrogen and oxygen atoms in total. The number of nitrogens with two attached hydrogens (primary N) is 1. The average molecular weight is 167 g/mol. The van der Waals surface area contributed by atoms with E-state index in [9.17, 15) is 0 Å². The summed E-state index contributed by atoms with van der Waals surface area (Å²) in [6.45, 7) is 8.23. The maximum Gasteiger partial charge on any atom is 0.228 e. The summed E-state index contributed by atoms with van der Waals surface area (Å²) in [5, 5.41) is 6.40. The molecule has 0 saturated carbocycles. The molecule has 0 aliphatic rings. The third-order valence-electron chi connectivity index (χ3n) is 1.87. The van der Waals surface area contributed by atoms with E-state index in [1.165, 1.54) is 0 Å². The lowest BCUT2D eigenvalue weighted by molar-refractivity contribution is 0.554. The van der Waals surface area contributed by atoms with Crippen LogP contribution in [0.1, 0.15) is 27.7 Å². The molecule has 0 saturated heterocycles. The van der Waals surface area contributed by atoms with Gasteiger partial charge in [0.1, 0.15) is 0 Å². The van der Waals surface area contributed by atoms with E-state index in [2.05, 4.69) is 24.4 Å². The lowest BCUT2D eigenvalue weighted by Crippen LogP contribution is -2.58. The van der Waals surface area contributed by atoms with Crippen molar-refractivity contribution in [2.75, 3.05) is 7.05 Å². The van der Waals surface area contributed by atoms with Crippen LogP contribution in [-0.4, -0.2) is 32.8 Å². The molecular weight excluding hydrogens is 148 g/mol. The number of hydrogen-bond acceptors (Lipinski definition) is 3. The topological polar surface area (TPSA) is 50.1 Å². The normalized spacial score (nSPS) is 12.8. The first kappa shape index (κ1) is 12.0. The highest BCUT2D eigenvalue weighted by molar-refractivity contribution is 6.43. The van der Waals surface area contributed by atoms with E-state index in [1.54, 1.807) is 7.41 Å². The lowest BCUT2D eigenvalue weighted by Gasteiger charge is -2.30. The summed E-state index contributed by atoms with van der Waals surface area (Å²) in [6, 6.07) is 0. The second-order valence-corrected chi connectivity index (χ2v) is 4.15. The molecule has 0 spiro atoms. The minimum atomic E-state index is -0.145. The van der Waals surface area contributed by atoms with Gasteiger partial charge in [-0.2, -0.15) is 0 Å². The van der Waals surface area contributed by atoms with Crippen LogP contribution >= 0.6 is 0 Å². The van der Waals surface area contributed by atoms with Gasteiger partial charge in [-0.05, 0) is 12.5 Å². The molecule has 0 heterocycles. The van der Waals surface area contributed by atoms with Gasteiger partial charge < -0.3 is 16.2 Å². The van der Waals surface area contributed by atoms with Gasteiger partial charge in [-0.15, -0.1) is 0 Å². The first-order valence-corrected chi connectivity index (χ1v) is 4.20. The molecule has 5 heteroatoms. The van der Waals surface area contributed by atoms with Gasteiger partial charge >= 0.3 is 0 Å². The Morgan fingerprint density at radius 3 is 1.92 bits per heavy atom. The van der Waals surface area contributed by atoms with Crippen molar-refractivity contribution in [2.45, 2.75) is 38.6 Å². The van der Waals surface area contributed by atoms with Gasteiger partial charge in [0.05, 0.1) is 0 Å². The smallest absolute Gasteiger partial charge is 0.228 e. The van der Waals surface area contributed by atoms with Gasteiger partial charge in [-0.1, -0.05) is 27.7 Å². The van der Waals surface area contributed by atoms with E-state index in [0.717, 1.165) is 0 Å². The molecular formula is C7H19B2N3. The Bertz CT molecular complexity index is 121. The predicted octanol–water partition coefficient (Wildman–Crippen LogP) is -0.535. The molecule has 0 amide bonds. The summed E-state index contributed by atoms with van der Waals surface area (Å²) in [5.41, 5.74) is 5.29. The van der Waals surface area contributed by atoms with Crippen LogP contribution in [0.3, 0.4) is 0 Å². The lowest BCUT2D eigenvalue weighted by atomic mass is 9.63. The van der Waals surface area contributed by atoms with E-state index in [0.29, 0.717) is 0 Å². The molecule has 0 bridgehead atoms. The van der Waals surface area contributed by atoms with Crippen molar-refractivity contribution >= 4 is 14.8 Å². The molecule has 0 aliphatic heterocycles. The van der Waals surface area contributed by atoms with E-state index >= 15 is 0 Å². The third kappa shape index (κ3) is 4.80. The van der Waals surface area contributed by atoms with Crippen LogP contribution in [-0.2, 0) is 0 Å². The first-order chi connectivity index (χ1) is 5.33. The minimum absolute atomic E-state index is 0.0136. The monoisotopic (exact) mass is 167 g/mol. The van der Waals surface area contributed by atoms with Gasteiger partial charge in [-0.25, -0.2) is 0 Å². The molecule has 0 aromatic carbocycles. The fourth-order valence-corrected chi connectivity index (χ4v) is 0.487. The van der Waals surface area contributed by atoms with Crippen molar-refractivity contribution in [3.05, 3.63) is 0 Å². The average Bonchev–Trinajstić information content (AvgIpc) is 2.02. The quantitative estimate of drug-likeness (QED) is 0.482. The summed E-state index contributed by atoms with van der Waals surface area (Å²) in [7, 11) is 5.59. The van der Waals surface area contributed by atoms with Gasteiger partial charge in [0.2, 0.25) is 14.8 Å². The third-order valence-corrected chi connectivity index (χ3v) is 1.87. The first-order valence-electron chi connectivity index (χ1n) is 4.20. The fourth-order valence-electron chi connectivity index (χ4n) is 0.487. The molecule has 68 valence electrons. The Kier molecular flexibility index (Phi) is 4.31. The van der Waals surface area contributed by atoms with Crippen molar-refractivity contribution in [3.63, 3.8) is 0 Å². The van der Waals surface area contributed by atoms with E-state index in [1.807, 2.05) is 28.3 Å². The molecule has 2 radical (unpaired) electrons. The molecule has 12 heavy (non-hydrogen) atoms. The van der Waals surface area contributed by atoms with Crippen molar-refractivity contribution in [3.8, 4) is 0 Å². The van der Waals surface area contributed by atoms with Crippen molar-refractivity contribution in [1.29, 1.82) is 0 Å². The highest BCUT2D eigenvalue weighted by Crippen LogP contribution is 2.00. The Morgan fingerprint density at radius 1 is 1.08 bits per heavy atom. The molecule has 0 rings (SSSR count). The maximum absolute atomic E-state index is 5.45. The fraction of sp³-hybridized carbons (Fsp3) is 1.00. The largest absolute Gasteiger partial charge is 0.373 e. The van der Waals surface area contributed by atoms with Crippen LogP contribution in [0.4, 0.5) is 0 Å². The van der Waals surface area contributed by atoms with Gasteiger partial charge in [0.25, 0.3) is 0 Å². The highest BCUT2D eigenvalue weighted by atomic mass is 14.9. The second-order valence-electron chi connectivity index (χ2n) is 4.15. The van der Waals surface area contributed by atoms with Crippen LogP contribution in [0.25, 0.3) is 0 Å². The maximum atomic E-state index is 5.45. The molecule has 0 aromatic heterocycles. The Labute approximate surface area is 77.4 Å². The summed E-state index contributed by atoms with van der Waals surface area (Å²) < 4.78 is 0. The molecule has 0 aromatic rings. The van der Waals surface area contributed by atoms with E-state index in [4.69, 9.17) is 5.64 Å². The second kappa shape index (κ2) is 4.30. The highest BCUT2D eigenvalue weighted by Gasteiger charge is 2.23. The zero-order valence-electron chi connectivity index (χ0n) is 8.73. The van der Waals surface area contributed by atoms with Crippen molar-refractivity contribution < 1.29 is 0 Å². The zero-order chi connectivity index (χ0) is 9.83. The minimum Gasteiger partial charge on any atom is -0.373 e. The van der Waals surface area contributed by atoms with Crippen LogP contribution in [0, 0.1) is 0 Å². The summed E-state index contributed by atoms with van der Waals surface area (Å²) >= 11 is 0. The zero-order valence-corrected chi connectivity index (χ0v) is 8.73.